The second-order valence-electron chi connectivity index (χ2n) is 4.13. The average molecular weight is 285 g/mol. The molecule has 0 radical (unpaired) electrons. The van der Waals surface area contributed by atoms with E-state index in [1.165, 1.54) is 6.26 Å². The van der Waals surface area contributed by atoms with Crippen LogP contribution in [-0.2, 0) is 16.4 Å². The first kappa shape index (κ1) is 13.1. The molecule has 96 valence electrons. The number of halogens is 1. The Kier molecular flexibility index (Phi) is 3.73. The smallest absolute Gasteiger partial charge is 0.149 e. The molecule has 1 aromatic carbocycles. The lowest BCUT2D eigenvalue weighted by Gasteiger charge is -1.99. The zero-order valence-electron chi connectivity index (χ0n) is 9.88. The minimum absolute atomic E-state index is 0.0870. The summed E-state index contributed by atoms with van der Waals surface area (Å²) in [5.41, 5.74) is 1.89. The van der Waals surface area contributed by atoms with Gasteiger partial charge in [-0.2, -0.15) is 5.10 Å². The van der Waals surface area contributed by atoms with Crippen molar-refractivity contribution in [2.45, 2.75) is 6.54 Å². The van der Waals surface area contributed by atoms with Crippen LogP contribution in [0.15, 0.2) is 36.7 Å². The monoisotopic (exact) mass is 284 g/mol. The van der Waals surface area contributed by atoms with Gasteiger partial charge in [-0.15, -0.1) is 0 Å². The summed E-state index contributed by atoms with van der Waals surface area (Å²) < 4.78 is 23.8. The molecular weight excluding hydrogens is 272 g/mol. The van der Waals surface area contributed by atoms with Gasteiger partial charge in [-0.25, -0.2) is 8.42 Å². The van der Waals surface area contributed by atoms with Crippen LogP contribution in [0.4, 0.5) is 0 Å². The lowest BCUT2D eigenvalue weighted by molar-refractivity contribution is 0.586. The Morgan fingerprint density at radius 3 is 2.78 bits per heavy atom. The summed E-state index contributed by atoms with van der Waals surface area (Å²) in [6, 6.07) is 7.45. The third-order valence-electron chi connectivity index (χ3n) is 2.48. The first-order valence-electron chi connectivity index (χ1n) is 5.40. The lowest BCUT2D eigenvalue weighted by atomic mass is 10.1. The molecule has 0 saturated carbocycles. The van der Waals surface area contributed by atoms with Crippen molar-refractivity contribution in [3.8, 4) is 11.1 Å². The number of sulfone groups is 1. The van der Waals surface area contributed by atoms with Crippen molar-refractivity contribution in [1.29, 1.82) is 0 Å². The van der Waals surface area contributed by atoms with E-state index in [4.69, 9.17) is 11.6 Å². The van der Waals surface area contributed by atoms with Gasteiger partial charge in [0.2, 0.25) is 0 Å². The number of hydrogen-bond donors (Lipinski definition) is 0. The molecule has 0 aliphatic rings. The molecule has 0 saturated heterocycles. The van der Waals surface area contributed by atoms with E-state index in [1.807, 2.05) is 24.4 Å². The van der Waals surface area contributed by atoms with Crippen LogP contribution in [0.2, 0.25) is 5.02 Å². The van der Waals surface area contributed by atoms with Crippen LogP contribution in [-0.4, -0.2) is 30.2 Å². The lowest BCUT2D eigenvalue weighted by Crippen LogP contribution is -2.11. The van der Waals surface area contributed by atoms with Crippen LogP contribution in [0.5, 0.6) is 0 Å². The van der Waals surface area contributed by atoms with Gasteiger partial charge in [-0.1, -0.05) is 23.7 Å². The number of aryl methyl sites for hydroxylation is 1. The maximum absolute atomic E-state index is 11.1. The van der Waals surface area contributed by atoms with Crippen molar-refractivity contribution in [2.24, 2.45) is 0 Å². The summed E-state index contributed by atoms with van der Waals surface area (Å²) in [6.07, 6.45) is 4.74. The minimum atomic E-state index is -2.97. The van der Waals surface area contributed by atoms with Crippen molar-refractivity contribution in [2.75, 3.05) is 12.0 Å². The van der Waals surface area contributed by atoms with Crippen molar-refractivity contribution in [1.82, 2.24) is 9.78 Å². The molecule has 0 fully saturated rings. The van der Waals surface area contributed by atoms with Crippen molar-refractivity contribution >= 4 is 21.4 Å². The molecule has 18 heavy (non-hydrogen) atoms. The molecule has 1 aromatic heterocycles. The summed E-state index contributed by atoms with van der Waals surface area (Å²) in [7, 11) is -2.97. The Hall–Kier alpha value is -1.33. The number of rotatable bonds is 4. The number of nitrogens with zero attached hydrogens (tertiary/aromatic N) is 2. The zero-order valence-corrected chi connectivity index (χ0v) is 11.4. The van der Waals surface area contributed by atoms with Gasteiger partial charge in [-0.3, -0.25) is 4.68 Å². The summed E-state index contributed by atoms with van der Waals surface area (Å²) in [5, 5.41) is 4.80. The average Bonchev–Trinajstić information content (AvgIpc) is 2.74. The van der Waals surface area contributed by atoms with E-state index in [2.05, 4.69) is 5.10 Å². The first-order chi connectivity index (χ1) is 8.44. The molecule has 6 heteroatoms. The molecule has 0 aliphatic heterocycles. The molecule has 1 heterocycles. The van der Waals surface area contributed by atoms with Gasteiger partial charge in [0.1, 0.15) is 9.84 Å². The minimum Gasteiger partial charge on any atom is -0.271 e. The maximum atomic E-state index is 11.1. The quantitative estimate of drug-likeness (QED) is 0.865. The van der Waals surface area contributed by atoms with E-state index in [1.54, 1.807) is 16.9 Å². The van der Waals surface area contributed by atoms with Gasteiger partial charge in [0.25, 0.3) is 0 Å². The standard InChI is InChI=1S/C12H13ClN2O2S/c1-18(16,17)6-5-15-9-11(8-14-15)10-3-2-4-12(13)7-10/h2-4,7-9H,5-6H2,1H3. The Morgan fingerprint density at radius 1 is 1.33 bits per heavy atom. The normalized spacial score (nSPS) is 11.7. The van der Waals surface area contributed by atoms with Crippen LogP contribution >= 0.6 is 11.6 Å². The van der Waals surface area contributed by atoms with Gasteiger partial charge in [0, 0.05) is 23.0 Å². The van der Waals surface area contributed by atoms with Crippen LogP contribution in [0.25, 0.3) is 11.1 Å². The van der Waals surface area contributed by atoms with Crippen LogP contribution in [0.1, 0.15) is 0 Å². The Bertz CT molecular complexity index is 650. The fourth-order valence-corrected chi connectivity index (χ4v) is 2.27. The predicted octanol–water partition coefficient (Wildman–Crippen LogP) is 2.25. The van der Waals surface area contributed by atoms with Crippen LogP contribution in [0.3, 0.4) is 0 Å². The van der Waals surface area contributed by atoms with E-state index in [0.29, 0.717) is 11.6 Å². The highest BCUT2D eigenvalue weighted by Crippen LogP contribution is 2.21. The summed E-state index contributed by atoms with van der Waals surface area (Å²) in [6.45, 7) is 0.361. The van der Waals surface area contributed by atoms with E-state index < -0.39 is 9.84 Å². The molecule has 2 rings (SSSR count). The summed E-state index contributed by atoms with van der Waals surface area (Å²) in [5.74, 6) is 0.0870. The van der Waals surface area contributed by atoms with Gasteiger partial charge in [0.05, 0.1) is 18.5 Å². The summed E-state index contributed by atoms with van der Waals surface area (Å²) >= 11 is 5.92. The third-order valence-corrected chi connectivity index (χ3v) is 3.64. The molecule has 2 aromatic rings. The SMILES string of the molecule is CS(=O)(=O)CCn1cc(-c2cccc(Cl)c2)cn1. The highest BCUT2D eigenvalue weighted by molar-refractivity contribution is 7.90. The molecular formula is C12H13ClN2O2S. The van der Waals surface area contributed by atoms with E-state index in [9.17, 15) is 8.42 Å². The maximum Gasteiger partial charge on any atom is 0.149 e. The second kappa shape index (κ2) is 5.12. The molecule has 0 N–H and O–H groups in total. The van der Waals surface area contributed by atoms with E-state index in [0.717, 1.165) is 11.1 Å². The largest absolute Gasteiger partial charge is 0.271 e. The fraction of sp³-hybridized carbons (Fsp3) is 0.250. The summed E-state index contributed by atoms with van der Waals surface area (Å²) in [4.78, 5) is 0. The van der Waals surface area contributed by atoms with Gasteiger partial charge >= 0.3 is 0 Å². The van der Waals surface area contributed by atoms with Crippen molar-refractivity contribution < 1.29 is 8.42 Å². The van der Waals surface area contributed by atoms with Gasteiger partial charge in [-0.05, 0) is 17.7 Å². The van der Waals surface area contributed by atoms with Crippen LogP contribution < -0.4 is 0 Å². The number of benzene rings is 1. The highest BCUT2D eigenvalue weighted by Gasteiger charge is 2.05. The first-order valence-corrected chi connectivity index (χ1v) is 7.84. The molecule has 0 aliphatic carbocycles. The second-order valence-corrected chi connectivity index (χ2v) is 6.83. The van der Waals surface area contributed by atoms with Crippen LogP contribution in [0, 0.1) is 0 Å². The third kappa shape index (κ3) is 3.58. The number of aromatic nitrogens is 2. The Balaban J connectivity index is 2.16. The zero-order chi connectivity index (χ0) is 13.2. The van der Waals surface area contributed by atoms with Gasteiger partial charge < -0.3 is 0 Å². The topological polar surface area (TPSA) is 52.0 Å². The van der Waals surface area contributed by atoms with E-state index in [-0.39, 0.29) is 5.75 Å². The Morgan fingerprint density at radius 2 is 2.11 bits per heavy atom. The molecule has 0 unspecified atom stereocenters. The molecule has 0 spiro atoms. The molecule has 4 nitrogen and oxygen atoms in total. The molecule has 0 atom stereocenters. The van der Waals surface area contributed by atoms with Crippen molar-refractivity contribution in [3.63, 3.8) is 0 Å². The highest BCUT2D eigenvalue weighted by atomic mass is 35.5. The molecule has 0 amide bonds. The fourth-order valence-electron chi connectivity index (χ4n) is 1.56. The van der Waals surface area contributed by atoms with Crippen molar-refractivity contribution in [3.05, 3.63) is 41.7 Å². The van der Waals surface area contributed by atoms with Gasteiger partial charge in [0.15, 0.2) is 0 Å². The Labute approximate surface area is 111 Å². The number of hydrogen-bond acceptors (Lipinski definition) is 3. The molecule has 0 bridgehead atoms. The predicted molar refractivity (Wildman–Crippen MR) is 72.4 cm³/mol. The van der Waals surface area contributed by atoms with E-state index >= 15 is 0 Å².